The summed E-state index contributed by atoms with van der Waals surface area (Å²) in [6.07, 6.45) is 11.4. The predicted molar refractivity (Wildman–Crippen MR) is 168 cm³/mol. The molecule has 3 aliphatic rings. The maximum atomic E-state index is 13.3. The van der Waals surface area contributed by atoms with Crippen LogP contribution in [0.4, 0.5) is 0 Å². The molecule has 1 unspecified atom stereocenters. The number of hydrogen-bond donors (Lipinski definition) is 0. The summed E-state index contributed by atoms with van der Waals surface area (Å²) in [4.78, 5) is 17.5. The molecule has 0 aromatic heterocycles. The first-order chi connectivity index (χ1) is 19.8. The van der Waals surface area contributed by atoms with Crippen LogP contribution in [0.15, 0.2) is 42.5 Å². The first-order valence-electron chi connectivity index (χ1n) is 16.2. The molecule has 1 aliphatic heterocycles. The molecule has 0 bridgehead atoms. The summed E-state index contributed by atoms with van der Waals surface area (Å²) in [5, 5.41) is 0. The van der Waals surface area contributed by atoms with E-state index in [-0.39, 0.29) is 5.91 Å². The van der Waals surface area contributed by atoms with E-state index in [2.05, 4.69) is 75.1 Å². The highest BCUT2D eigenvalue weighted by atomic mass is 16.5. The van der Waals surface area contributed by atoms with Crippen LogP contribution in [-0.2, 0) is 29.0 Å². The van der Waals surface area contributed by atoms with Crippen LogP contribution < -0.4 is 4.74 Å². The SMILES string of the molecule is CC(C)C.Cc1cc(CN(C)C(=O)C2CN(Cc3ccccc3OC3CCCC3)CCO2)ccc1CCCC1CC1. The molecule has 5 rings (SSSR count). The summed E-state index contributed by atoms with van der Waals surface area (Å²) in [5.41, 5.74) is 5.17. The molecule has 2 aliphatic carbocycles. The minimum Gasteiger partial charge on any atom is -0.490 e. The topological polar surface area (TPSA) is 42.0 Å². The molecule has 2 saturated carbocycles. The Bertz CT molecular complexity index is 1090. The zero-order valence-electron chi connectivity index (χ0n) is 26.4. The molecule has 41 heavy (non-hydrogen) atoms. The molecular formula is C36H54N2O3. The number of rotatable bonds is 11. The minimum absolute atomic E-state index is 0.0614. The number of carbonyl (C=O) groups is 1. The summed E-state index contributed by atoms with van der Waals surface area (Å²) < 4.78 is 12.3. The molecule has 1 saturated heterocycles. The quantitative estimate of drug-likeness (QED) is 0.283. The van der Waals surface area contributed by atoms with Gasteiger partial charge in [0.2, 0.25) is 0 Å². The van der Waals surface area contributed by atoms with Gasteiger partial charge in [-0.1, -0.05) is 76.4 Å². The number of nitrogens with zero attached hydrogens (tertiary/aromatic N) is 2. The molecule has 0 spiro atoms. The average molecular weight is 563 g/mol. The van der Waals surface area contributed by atoms with Crippen LogP contribution in [0, 0.1) is 18.8 Å². The van der Waals surface area contributed by atoms with Crippen molar-refractivity contribution in [3.05, 3.63) is 64.7 Å². The van der Waals surface area contributed by atoms with Crippen molar-refractivity contribution in [3.8, 4) is 5.75 Å². The fourth-order valence-electron chi connectivity index (χ4n) is 5.89. The number of benzene rings is 2. The maximum Gasteiger partial charge on any atom is 0.253 e. The Kier molecular flexibility index (Phi) is 12.1. The van der Waals surface area contributed by atoms with Gasteiger partial charge in [0.25, 0.3) is 5.91 Å². The Morgan fingerprint density at radius 2 is 1.78 bits per heavy atom. The van der Waals surface area contributed by atoms with Gasteiger partial charge >= 0.3 is 0 Å². The van der Waals surface area contributed by atoms with E-state index in [1.807, 2.05) is 11.9 Å². The van der Waals surface area contributed by atoms with Crippen LogP contribution in [0.25, 0.3) is 0 Å². The van der Waals surface area contributed by atoms with Gasteiger partial charge in [-0.15, -0.1) is 0 Å². The summed E-state index contributed by atoms with van der Waals surface area (Å²) in [6.45, 7) is 12.1. The highest BCUT2D eigenvalue weighted by Gasteiger charge is 2.30. The molecule has 3 fully saturated rings. The number of para-hydroxylation sites is 1. The number of amides is 1. The van der Waals surface area contributed by atoms with Crippen molar-refractivity contribution in [3.63, 3.8) is 0 Å². The van der Waals surface area contributed by atoms with Crippen LogP contribution in [0.5, 0.6) is 5.75 Å². The van der Waals surface area contributed by atoms with E-state index in [0.29, 0.717) is 25.8 Å². The van der Waals surface area contributed by atoms with Crippen LogP contribution in [0.3, 0.4) is 0 Å². The molecule has 0 radical (unpaired) electrons. The van der Waals surface area contributed by atoms with E-state index in [1.54, 1.807) is 0 Å². The largest absolute Gasteiger partial charge is 0.490 e. The fraction of sp³-hybridized carbons (Fsp3) is 0.639. The maximum absolute atomic E-state index is 13.3. The molecule has 1 amide bonds. The highest BCUT2D eigenvalue weighted by molar-refractivity contribution is 5.81. The minimum atomic E-state index is -0.426. The van der Waals surface area contributed by atoms with Crippen molar-refractivity contribution in [2.75, 3.05) is 26.7 Å². The Morgan fingerprint density at radius 3 is 2.49 bits per heavy atom. The number of morpholine rings is 1. The van der Waals surface area contributed by atoms with Gasteiger partial charge in [0, 0.05) is 38.8 Å². The van der Waals surface area contributed by atoms with Crippen LogP contribution in [0.1, 0.15) is 94.4 Å². The number of ether oxygens (including phenoxy) is 2. The van der Waals surface area contributed by atoms with Crippen LogP contribution in [0.2, 0.25) is 0 Å². The second-order valence-electron chi connectivity index (χ2n) is 13.2. The third kappa shape index (κ3) is 10.4. The molecule has 1 heterocycles. The summed E-state index contributed by atoms with van der Waals surface area (Å²) in [7, 11) is 1.90. The third-order valence-corrected chi connectivity index (χ3v) is 8.35. The number of likely N-dealkylation sites (N-methyl/N-ethyl adjacent to an activating group) is 1. The van der Waals surface area contributed by atoms with Crippen LogP contribution >= 0.6 is 0 Å². The van der Waals surface area contributed by atoms with Gasteiger partial charge in [-0.3, -0.25) is 9.69 Å². The predicted octanol–water partition coefficient (Wildman–Crippen LogP) is 7.57. The van der Waals surface area contributed by atoms with E-state index in [0.717, 1.165) is 49.9 Å². The van der Waals surface area contributed by atoms with E-state index in [1.165, 1.54) is 60.8 Å². The second kappa shape index (κ2) is 15.7. The highest BCUT2D eigenvalue weighted by Crippen LogP contribution is 2.34. The molecular weight excluding hydrogens is 508 g/mol. The van der Waals surface area contributed by atoms with Crippen molar-refractivity contribution in [2.24, 2.45) is 11.8 Å². The molecule has 2 aromatic rings. The van der Waals surface area contributed by atoms with Crippen molar-refractivity contribution in [1.29, 1.82) is 0 Å². The van der Waals surface area contributed by atoms with Crippen molar-refractivity contribution < 1.29 is 14.3 Å². The number of carbonyl (C=O) groups excluding carboxylic acids is 1. The Balaban J connectivity index is 0.000000909. The Labute approximate surface area is 249 Å². The van der Waals surface area contributed by atoms with Crippen molar-refractivity contribution in [2.45, 2.75) is 111 Å². The molecule has 5 nitrogen and oxygen atoms in total. The van der Waals surface area contributed by atoms with Gasteiger partial charge in [-0.25, -0.2) is 0 Å². The third-order valence-electron chi connectivity index (χ3n) is 8.35. The van der Waals surface area contributed by atoms with Gasteiger partial charge < -0.3 is 14.4 Å². The van der Waals surface area contributed by atoms with Crippen molar-refractivity contribution >= 4 is 5.91 Å². The Morgan fingerprint density at radius 1 is 1.05 bits per heavy atom. The van der Waals surface area contributed by atoms with Gasteiger partial charge in [0.05, 0.1) is 12.7 Å². The lowest BCUT2D eigenvalue weighted by Crippen LogP contribution is -2.49. The van der Waals surface area contributed by atoms with Crippen LogP contribution in [-0.4, -0.2) is 54.7 Å². The molecule has 2 aromatic carbocycles. The smallest absolute Gasteiger partial charge is 0.253 e. The van der Waals surface area contributed by atoms with Gasteiger partial charge in [0.15, 0.2) is 0 Å². The monoisotopic (exact) mass is 562 g/mol. The number of hydrogen-bond acceptors (Lipinski definition) is 4. The summed E-state index contributed by atoms with van der Waals surface area (Å²) in [5.74, 6) is 2.88. The normalized spacial score (nSPS) is 19.6. The lowest BCUT2D eigenvalue weighted by atomic mass is 9.99. The molecule has 0 N–H and O–H groups in total. The van der Waals surface area contributed by atoms with E-state index < -0.39 is 6.10 Å². The first kappa shape index (κ1) is 31.6. The van der Waals surface area contributed by atoms with Gasteiger partial charge in [-0.05, 0) is 80.0 Å². The zero-order valence-corrected chi connectivity index (χ0v) is 26.4. The molecule has 1 atom stereocenters. The van der Waals surface area contributed by atoms with Gasteiger partial charge in [0.1, 0.15) is 11.9 Å². The lowest BCUT2D eigenvalue weighted by molar-refractivity contribution is -0.149. The first-order valence-corrected chi connectivity index (χ1v) is 16.2. The molecule has 5 heteroatoms. The summed E-state index contributed by atoms with van der Waals surface area (Å²) in [6, 6.07) is 15.1. The van der Waals surface area contributed by atoms with E-state index >= 15 is 0 Å². The second-order valence-corrected chi connectivity index (χ2v) is 13.2. The standard InChI is InChI=1S/C32H44N2O3.C4H10/c1-24-20-26(16-17-27(24)10-7-8-25-14-15-25)21-33(2)32(35)31-23-34(18-19-36-31)22-28-9-3-6-13-30(28)37-29-11-4-5-12-29;1-4(2)3/h3,6,9,13,16-17,20,25,29,31H,4-5,7-8,10-12,14-15,18-19,21-23H2,1-2H3;4H,1-3H3. The van der Waals surface area contributed by atoms with Crippen molar-refractivity contribution in [1.82, 2.24) is 9.80 Å². The lowest BCUT2D eigenvalue weighted by Gasteiger charge is -2.34. The zero-order chi connectivity index (χ0) is 29.2. The van der Waals surface area contributed by atoms with E-state index in [9.17, 15) is 4.79 Å². The Hall–Kier alpha value is -2.37. The van der Waals surface area contributed by atoms with Gasteiger partial charge in [-0.2, -0.15) is 0 Å². The number of aryl methyl sites for hydroxylation is 2. The van der Waals surface area contributed by atoms with E-state index in [4.69, 9.17) is 9.47 Å². The summed E-state index contributed by atoms with van der Waals surface area (Å²) >= 11 is 0. The molecule has 226 valence electrons. The average Bonchev–Trinajstić information content (AvgIpc) is 3.63. The fourth-order valence-corrected chi connectivity index (χ4v) is 5.89.